The van der Waals surface area contributed by atoms with Crippen LogP contribution in [-0.2, 0) is 15.6 Å². The molecule has 3 aromatic carbocycles. The summed E-state index contributed by atoms with van der Waals surface area (Å²) in [7, 11) is -3.73. The molecule has 0 amide bonds. The molecule has 3 aromatic rings. The zero-order valence-corrected chi connectivity index (χ0v) is 19.7. The van der Waals surface area contributed by atoms with E-state index in [1.807, 2.05) is 60.7 Å². The second-order valence-corrected chi connectivity index (χ2v) is 10.2. The van der Waals surface area contributed by atoms with Gasteiger partial charge >= 0.3 is 0 Å². The number of nitrogens with one attached hydrogen (secondary N) is 1. The van der Waals surface area contributed by atoms with E-state index in [0.717, 1.165) is 24.0 Å². The molecule has 172 valence electrons. The number of thiocarbonyl (C=S) groups is 1. The van der Waals surface area contributed by atoms with E-state index in [1.165, 1.54) is 12.1 Å². The van der Waals surface area contributed by atoms with Crippen molar-refractivity contribution >= 4 is 33.0 Å². The van der Waals surface area contributed by atoms with E-state index in [2.05, 4.69) is 10.2 Å². The zero-order valence-electron chi connectivity index (χ0n) is 18.1. The molecule has 0 bridgehead atoms. The summed E-state index contributed by atoms with van der Waals surface area (Å²) in [4.78, 5) is 2.14. The highest BCUT2D eigenvalue weighted by Gasteiger charge is 2.41. The summed E-state index contributed by atoms with van der Waals surface area (Å²) in [6.07, 6.45) is 1.54. The highest BCUT2D eigenvalue weighted by Crippen LogP contribution is 2.41. The molecule has 0 aromatic heterocycles. The molecule has 1 aliphatic rings. The molecule has 0 radical (unpaired) electrons. The summed E-state index contributed by atoms with van der Waals surface area (Å²) in [5.41, 5.74) is 1.41. The van der Waals surface area contributed by atoms with E-state index in [4.69, 9.17) is 17.4 Å². The first kappa shape index (κ1) is 23.4. The molecule has 0 atom stereocenters. The van der Waals surface area contributed by atoms with Gasteiger partial charge in [-0.15, -0.1) is 0 Å². The van der Waals surface area contributed by atoms with Crippen LogP contribution in [0, 0.1) is 5.92 Å². The molecule has 1 fully saturated rings. The summed E-state index contributed by atoms with van der Waals surface area (Å²) in [5.74, 6) is 0.0374. The molecule has 8 heteroatoms. The lowest BCUT2D eigenvalue weighted by Gasteiger charge is -2.43. The van der Waals surface area contributed by atoms with Gasteiger partial charge in [-0.3, -0.25) is 0 Å². The van der Waals surface area contributed by atoms with Gasteiger partial charge in [-0.05, 0) is 66.4 Å². The summed E-state index contributed by atoms with van der Waals surface area (Å²) in [5, 5.41) is 20.9. The minimum absolute atomic E-state index is 0.0374. The maximum absolute atomic E-state index is 12.0. The normalized spacial score (nSPS) is 15.3. The van der Waals surface area contributed by atoms with Gasteiger partial charge in [0.05, 0.1) is 4.90 Å². The third-order valence-corrected chi connectivity index (χ3v) is 7.52. The quantitative estimate of drug-likeness (QED) is 0.481. The Morgan fingerprint density at radius 1 is 0.909 bits per heavy atom. The molecular formula is C25H27N3O3S2. The smallest absolute Gasteiger partial charge is 0.238 e. The Hall–Kier alpha value is -2.78. The van der Waals surface area contributed by atoms with E-state index >= 15 is 0 Å². The highest BCUT2D eigenvalue weighted by molar-refractivity contribution is 7.89. The van der Waals surface area contributed by atoms with Crippen molar-refractivity contribution in [3.8, 4) is 0 Å². The third-order valence-electron chi connectivity index (χ3n) is 6.23. The fourth-order valence-corrected chi connectivity index (χ4v) is 5.27. The van der Waals surface area contributed by atoms with Gasteiger partial charge in [-0.2, -0.15) is 0 Å². The predicted octanol–water partition coefficient (Wildman–Crippen LogP) is 3.68. The number of hydrogen-bond acceptors (Lipinski definition) is 4. The number of piperidine rings is 1. The van der Waals surface area contributed by atoms with Crippen LogP contribution in [0.3, 0.4) is 0 Å². The van der Waals surface area contributed by atoms with Gasteiger partial charge in [-0.25, -0.2) is 13.6 Å². The molecule has 0 unspecified atom stereocenters. The van der Waals surface area contributed by atoms with Gasteiger partial charge < -0.3 is 15.3 Å². The Balaban J connectivity index is 1.46. The average molecular weight is 482 g/mol. The van der Waals surface area contributed by atoms with E-state index in [0.29, 0.717) is 23.9 Å². The van der Waals surface area contributed by atoms with Crippen LogP contribution in [0.15, 0.2) is 89.8 Å². The molecule has 6 nitrogen and oxygen atoms in total. The summed E-state index contributed by atoms with van der Waals surface area (Å²) in [6, 6.07) is 25.9. The lowest BCUT2D eigenvalue weighted by molar-refractivity contribution is -0.00631. The minimum atomic E-state index is -3.73. The number of primary sulfonamides is 1. The number of benzene rings is 3. The first-order valence-corrected chi connectivity index (χ1v) is 12.8. The second kappa shape index (κ2) is 9.61. The maximum atomic E-state index is 12.0. The average Bonchev–Trinajstić information content (AvgIpc) is 2.84. The lowest BCUT2D eigenvalue weighted by atomic mass is 9.72. The van der Waals surface area contributed by atoms with Crippen molar-refractivity contribution < 1.29 is 13.5 Å². The van der Waals surface area contributed by atoms with Gasteiger partial charge in [0.25, 0.3) is 0 Å². The number of nitrogens with zero attached hydrogens (tertiary/aromatic N) is 1. The summed E-state index contributed by atoms with van der Waals surface area (Å²) in [6.45, 7) is 1.40. The van der Waals surface area contributed by atoms with Gasteiger partial charge in [0.2, 0.25) is 10.0 Å². The van der Waals surface area contributed by atoms with E-state index in [-0.39, 0.29) is 10.8 Å². The Morgan fingerprint density at radius 2 is 1.39 bits per heavy atom. The number of sulfonamides is 1. The number of hydrogen-bond donors (Lipinski definition) is 3. The van der Waals surface area contributed by atoms with Crippen LogP contribution < -0.4 is 10.5 Å². The molecule has 1 aliphatic heterocycles. The first-order chi connectivity index (χ1) is 15.8. The Kier molecular flexibility index (Phi) is 6.81. The summed E-state index contributed by atoms with van der Waals surface area (Å²) >= 11 is 5.59. The van der Waals surface area contributed by atoms with Crippen molar-refractivity contribution in [1.29, 1.82) is 0 Å². The van der Waals surface area contributed by atoms with Crippen molar-refractivity contribution in [2.24, 2.45) is 11.1 Å². The van der Waals surface area contributed by atoms with Crippen LogP contribution >= 0.6 is 12.2 Å². The number of aliphatic hydroxyl groups is 1. The highest BCUT2D eigenvalue weighted by atomic mass is 32.2. The number of likely N-dealkylation sites (tertiary alicyclic amines) is 1. The Morgan fingerprint density at radius 3 is 1.85 bits per heavy atom. The van der Waals surface area contributed by atoms with Gasteiger partial charge in [0, 0.05) is 18.8 Å². The molecule has 1 heterocycles. The standard InChI is InChI=1S/C25H27N3O3S2/c26-33(30,31)23-13-11-22(12-14-23)27-24(32)28-17-15-21(16-18-28)25(29,19-7-3-1-4-8-19)20-9-5-2-6-10-20/h1-14,21,29H,15-18H2,(H,27,32)(H2,26,30,31). The summed E-state index contributed by atoms with van der Waals surface area (Å²) < 4.78 is 22.9. The topological polar surface area (TPSA) is 95.7 Å². The number of anilines is 1. The van der Waals surface area contributed by atoms with Gasteiger partial charge in [0.15, 0.2) is 5.11 Å². The molecule has 4 N–H and O–H groups in total. The van der Waals surface area contributed by atoms with Crippen molar-refractivity contribution in [2.45, 2.75) is 23.3 Å². The third kappa shape index (κ3) is 5.09. The molecular weight excluding hydrogens is 454 g/mol. The van der Waals surface area contributed by atoms with E-state index in [1.54, 1.807) is 12.1 Å². The van der Waals surface area contributed by atoms with Gasteiger partial charge in [-0.1, -0.05) is 60.7 Å². The predicted molar refractivity (Wildman–Crippen MR) is 134 cm³/mol. The monoisotopic (exact) mass is 481 g/mol. The van der Waals surface area contributed by atoms with Crippen molar-refractivity contribution in [2.75, 3.05) is 18.4 Å². The van der Waals surface area contributed by atoms with Crippen LogP contribution in [0.5, 0.6) is 0 Å². The molecule has 33 heavy (non-hydrogen) atoms. The zero-order chi connectivity index (χ0) is 23.5. The minimum Gasteiger partial charge on any atom is -0.380 e. The van der Waals surface area contributed by atoms with E-state index in [9.17, 15) is 13.5 Å². The molecule has 0 spiro atoms. The molecule has 0 aliphatic carbocycles. The van der Waals surface area contributed by atoms with Crippen molar-refractivity contribution in [3.63, 3.8) is 0 Å². The molecule has 1 saturated heterocycles. The van der Waals surface area contributed by atoms with Crippen LogP contribution in [0.25, 0.3) is 0 Å². The Labute approximate surface area is 200 Å². The maximum Gasteiger partial charge on any atom is 0.238 e. The number of rotatable bonds is 5. The second-order valence-electron chi connectivity index (χ2n) is 8.26. The fourth-order valence-electron chi connectivity index (χ4n) is 4.45. The van der Waals surface area contributed by atoms with Gasteiger partial charge in [0.1, 0.15) is 5.60 Å². The largest absolute Gasteiger partial charge is 0.380 e. The first-order valence-electron chi connectivity index (χ1n) is 10.8. The van der Waals surface area contributed by atoms with Crippen LogP contribution in [0.4, 0.5) is 5.69 Å². The molecule has 0 saturated carbocycles. The van der Waals surface area contributed by atoms with Crippen molar-refractivity contribution in [3.05, 3.63) is 96.1 Å². The van der Waals surface area contributed by atoms with Crippen LogP contribution in [0.2, 0.25) is 0 Å². The Bertz CT molecular complexity index is 1150. The lowest BCUT2D eigenvalue weighted by Crippen LogP contribution is -2.47. The van der Waals surface area contributed by atoms with Crippen molar-refractivity contribution in [1.82, 2.24) is 4.90 Å². The fraction of sp³-hybridized carbons (Fsp3) is 0.240. The SMILES string of the molecule is NS(=O)(=O)c1ccc(NC(=S)N2CCC(C(O)(c3ccccc3)c3ccccc3)CC2)cc1. The van der Waals surface area contributed by atoms with Crippen LogP contribution in [-0.4, -0.2) is 36.6 Å². The van der Waals surface area contributed by atoms with E-state index < -0.39 is 15.6 Å². The molecule has 4 rings (SSSR count). The number of nitrogens with two attached hydrogens (primary N) is 1. The van der Waals surface area contributed by atoms with Crippen LogP contribution in [0.1, 0.15) is 24.0 Å².